The first-order valence-corrected chi connectivity index (χ1v) is 10.1. The fourth-order valence-electron chi connectivity index (χ4n) is 3.39. The van der Waals surface area contributed by atoms with Gasteiger partial charge in [0, 0.05) is 11.1 Å². The predicted molar refractivity (Wildman–Crippen MR) is 115 cm³/mol. The van der Waals surface area contributed by atoms with Crippen LogP contribution in [0.3, 0.4) is 0 Å². The standard InChI is InChI=1S/C26H25F3/c1-3-5-19-10-16-23(24(27)17-19)20-11-7-18(8-12-20)9-13-22-15-14-21(6-4-2)25(28)26(22)29/h7-17H,3-6H2,1-2H3/b13-9+. The van der Waals surface area contributed by atoms with Gasteiger partial charge < -0.3 is 0 Å². The molecule has 0 heterocycles. The van der Waals surface area contributed by atoms with E-state index in [1.165, 1.54) is 0 Å². The molecule has 0 unspecified atom stereocenters. The summed E-state index contributed by atoms with van der Waals surface area (Å²) >= 11 is 0. The van der Waals surface area contributed by atoms with Gasteiger partial charge in [-0.1, -0.05) is 87.4 Å². The van der Waals surface area contributed by atoms with Gasteiger partial charge >= 0.3 is 0 Å². The quantitative estimate of drug-likeness (QED) is 0.358. The van der Waals surface area contributed by atoms with Crippen molar-refractivity contribution >= 4 is 12.2 Å². The summed E-state index contributed by atoms with van der Waals surface area (Å²) < 4.78 is 42.7. The molecule has 3 aromatic carbocycles. The summed E-state index contributed by atoms with van der Waals surface area (Å²) in [5, 5.41) is 0. The van der Waals surface area contributed by atoms with E-state index < -0.39 is 11.6 Å². The molecule has 0 bridgehead atoms. The number of aryl methyl sites for hydroxylation is 2. The van der Waals surface area contributed by atoms with Crippen LogP contribution in [0, 0.1) is 17.5 Å². The van der Waals surface area contributed by atoms with Crippen molar-refractivity contribution in [2.45, 2.75) is 39.5 Å². The van der Waals surface area contributed by atoms with Gasteiger partial charge in [0.15, 0.2) is 11.6 Å². The predicted octanol–water partition coefficient (Wildman–Crippen LogP) is 7.85. The van der Waals surface area contributed by atoms with Crippen LogP contribution in [0.25, 0.3) is 23.3 Å². The number of rotatable bonds is 7. The molecule has 150 valence electrons. The zero-order valence-corrected chi connectivity index (χ0v) is 16.8. The molecule has 0 N–H and O–H groups in total. The molecular weight excluding hydrogens is 369 g/mol. The van der Waals surface area contributed by atoms with Crippen molar-refractivity contribution in [2.75, 3.05) is 0 Å². The number of hydrogen-bond donors (Lipinski definition) is 0. The van der Waals surface area contributed by atoms with E-state index in [-0.39, 0.29) is 11.4 Å². The van der Waals surface area contributed by atoms with Gasteiger partial charge in [0.1, 0.15) is 5.82 Å². The Morgan fingerprint density at radius 2 is 1.45 bits per heavy atom. The lowest BCUT2D eigenvalue weighted by Crippen LogP contribution is -1.96. The van der Waals surface area contributed by atoms with Crippen molar-refractivity contribution < 1.29 is 13.2 Å². The smallest absolute Gasteiger partial charge is 0.166 e. The second-order valence-electron chi connectivity index (χ2n) is 7.21. The highest BCUT2D eigenvalue weighted by molar-refractivity contribution is 5.72. The fourth-order valence-corrected chi connectivity index (χ4v) is 3.39. The van der Waals surface area contributed by atoms with E-state index in [2.05, 4.69) is 6.92 Å². The summed E-state index contributed by atoms with van der Waals surface area (Å²) in [7, 11) is 0. The third kappa shape index (κ3) is 4.97. The third-order valence-electron chi connectivity index (χ3n) is 4.96. The van der Waals surface area contributed by atoms with Crippen LogP contribution in [0.1, 0.15) is 48.9 Å². The Morgan fingerprint density at radius 3 is 2.10 bits per heavy atom. The van der Waals surface area contributed by atoms with E-state index >= 15 is 0 Å². The monoisotopic (exact) mass is 394 g/mol. The second kappa shape index (κ2) is 9.60. The Hall–Kier alpha value is -2.81. The average molecular weight is 394 g/mol. The van der Waals surface area contributed by atoms with Crippen LogP contribution in [-0.4, -0.2) is 0 Å². The minimum atomic E-state index is -0.821. The molecule has 3 rings (SSSR count). The van der Waals surface area contributed by atoms with Crippen LogP contribution >= 0.6 is 0 Å². The largest absolute Gasteiger partial charge is 0.206 e. The van der Waals surface area contributed by atoms with E-state index in [0.29, 0.717) is 17.5 Å². The Morgan fingerprint density at radius 1 is 0.724 bits per heavy atom. The van der Waals surface area contributed by atoms with Gasteiger partial charge in [0.2, 0.25) is 0 Å². The van der Waals surface area contributed by atoms with Crippen molar-refractivity contribution in [3.8, 4) is 11.1 Å². The average Bonchev–Trinajstić information content (AvgIpc) is 2.72. The van der Waals surface area contributed by atoms with E-state index in [9.17, 15) is 13.2 Å². The van der Waals surface area contributed by atoms with E-state index in [1.807, 2.05) is 37.3 Å². The van der Waals surface area contributed by atoms with Crippen molar-refractivity contribution in [2.24, 2.45) is 0 Å². The van der Waals surface area contributed by atoms with Gasteiger partial charge in [-0.25, -0.2) is 13.2 Å². The maximum Gasteiger partial charge on any atom is 0.166 e. The van der Waals surface area contributed by atoms with Crippen molar-refractivity contribution in [3.05, 3.63) is 94.3 Å². The van der Waals surface area contributed by atoms with Crippen LogP contribution in [0.15, 0.2) is 54.6 Å². The minimum Gasteiger partial charge on any atom is -0.206 e. The highest BCUT2D eigenvalue weighted by Gasteiger charge is 2.11. The number of benzene rings is 3. The maximum absolute atomic E-state index is 14.4. The Labute approximate surface area is 170 Å². The molecule has 0 nitrogen and oxygen atoms in total. The molecule has 0 atom stereocenters. The molecule has 0 aliphatic rings. The fraction of sp³-hybridized carbons (Fsp3) is 0.231. The highest BCUT2D eigenvalue weighted by atomic mass is 19.2. The van der Waals surface area contributed by atoms with Crippen LogP contribution in [-0.2, 0) is 12.8 Å². The zero-order chi connectivity index (χ0) is 20.8. The summed E-state index contributed by atoms with van der Waals surface area (Å²) in [4.78, 5) is 0. The molecule has 3 aromatic rings. The molecular formula is C26H25F3. The molecule has 3 heteroatoms. The summed E-state index contributed by atoms with van der Waals surface area (Å²) in [6, 6.07) is 15.9. The third-order valence-corrected chi connectivity index (χ3v) is 4.96. The SMILES string of the molecule is CCCc1ccc(-c2ccc(/C=C/c3ccc(CCC)c(F)c3F)cc2)c(F)c1. The van der Waals surface area contributed by atoms with Gasteiger partial charge in [-0.15, -0.1) is 0 Å². The normalized spacial score (nSPS) is 11.3. The van der Waals surface area contributed by atoms with Crippen molar-refractivity contribution in [1.29, 1.82) is 0 Å². The molecule has 0 aromatic heterocycles. The highest BCUT2D eigenvalue weighted by Crippen LogP contribution is 2.25. The summed E-state index contributed by atoms with van der Waals surface area (Å²) in [6.45, 7) is 4.00. The van der Waals surface area contributed by atoms with Gasteiger partial charge in [0.05, 0.1) is 0 Å². The first kappa shape index (κ1) is 20.9. The Balaban J connectivity index is 1.78. The van der Waals surface area contributed by atoms with Crippen LogP contribution in [0.5, 0.6) is 0 Å². The summed E-state index contributed by atoms with van der Waals surface area (Å²) in [5.41, 5.74) is 3.77. The molecule has 0 saturated heterocycles. The Bertz CT molecular complexity index is 1000. The Kier molecular flexibility index (Phi) is 6.92. The molecule has 0 radical (unpaired) electrons. The van der Waals surface area contributed by atoms with Crippen LogP contribution < -0.4 is 0 Å². The lowest BCUT2D eigenvalue weighted by Gasteiger charge is -2.07. The summed E-state index contributed by atoms with van der Waals surface area (Å²) in [5.74, 6) is -1.83. The van der Waals surface area contributed by atoms with Gasteiger partial charge in [-0.2, -0.15) is 0 Å². The lowest BCUT2D eigenvalue weighted by molar-refractivity contribution is 0.496. The molecule has 29 heavy (non-hydrogen) atoms. The molecule has 0 fully saturated rings. The second-order valence-corrected chi connectivity index (χ2v) is 7.21. The first-order chi connectivity index (χ1) is 14.0. The zero-order valence-electron chi connectivity index (χ0n) is 16.8. The van der Waals surface area contributed by atoms with Crippen LogP contribution in [0.4, 0.5) is 13.2 Å². The number of hydrogen-bond acceptors (Lipinski definition) is 0. The molecule has 0 amide bonds. The minimum absolute atomic E-state index is 0.212. The van der Waals surface area contributed by atoms with Crippen LogP contribution in [0.2, 0.25) is 0 Å². The lowest BCUT2D eigenvalue weighted by atomic mass is 10.00. The number of halogens is 3. The van der Waals surface area contributed by atoms with Gasteiger partial charge in [0.25, 0.3) is 0 Å². The van der Waals surface area contributed by atoms with E-state index in [4.69, 9.17) is 0 Å². The van der Waals surface area contributed by atoms with E-state index in [1.54, 1.807) is 36.4 Å². The molecule has 0 aliphatic carbocycles. The summed E-state index contributed by atoms with van der Waals surface area (Å²) in [6.07, 6.45) is 6.40. The molecule has 0 saturated carbocycles. The van der Waals surface area contributed by atoms with E-state index in [0.717, 1.165) is 36.0 Å². The van der Waals surface area contributed by atoms with Crippen molar-refractivity contribution in [1.82, 2.24) is 0 Å². The molecule has 0 aliphatic heterocycles. The van der Waals surface area contributed by atoms with Gasteiger partial charge in [-0.3, -0.25) is 0 Å². The first-order valence-electron chi connectivity index (χ1n) is 10.1. The molecule has 0 spiro atoms. The maximum atomic E-state index is 14.4. The van der Waals surface area contributed by atoms with Gasteiger partial charge in [-0.05, 0) is 41.2 Å². The topological polar surface area (TPSA) is 0 Å². The van der Waals surface area contributed by atoms with Crippen molar-refractivity contribution in [3.63, 3.8) is 0 Å².